The van der Waals surface area contributed by atoms with E-state index in [1.165, 1.54) is 0 Å². The van der Waals surface area contributed by atoms with Gasteiger partial charge in [-0.3, -0.25) is 4.79 Å². The molecule has 1 unspecified atom stereocenters. The van der Waals surface area contributed by atoms with Crippen LogP contribution in [0.4, 0.5) is 0 Å². The van der Waals surface area contributed by atoms with Gasteiger partial charge in [-0.1, -0.05) is 6.08 Å². The Kier molecular flexibility index (Phi) is 2.34. The van der Waals surface area contributed by atoms with Crippen molar-refractivity contribution >= 4 is 11.9 Å². The minimum Gasteiger partial charge on any atom is -0.481 e. The van der Waals surface area contributed by atoms with Crippen molar-refractivity contribution in [3.8, 4) is 0 Å². The molecule has 0 amide bonds. The SMILES string of the molecule is O=C(O)C1=C2CCCC2=CCC1C(=O)O. The first-order valence-electron chi connectivity index (χ1n) is 5.00. The lowest BCUT2D eigenvalue weighted by Gasteiger charge is -2.20. The van der Waals surface area contributed by atoms with Crippen LogP contribution in [0.5, 0.6) is 0 Å². The van der Waals surface area contributed by atoms with E-state index in [0.29, 0.717) is 12.8 Å². The molecule has 1 saturated carbocycles. The lowest BCUT2D eigenvalue weighted by atomic mass is 9.84. The summed E-state index contributed by atoms with van der Waals surface area (Å²) in [4.78, 5) is 22.0. The molecule has 80 valence electrons. The molecule has 2 rings (SSSR count). The maximum absolute atomic E-state index is 11.1. The van der Waals surface area contributed by atoms with E-state index >= 15 is 0 Å². The Hall–Kier alpha value is -1.58. The molecule has 1 fully saturated rings. The smallest absolute Gasteiger partial charge is 0.332 e. The zero-order chi connectivity index (χ0) is 11.0. The first kappa shape index (κ1) is 9.96. The molecule has 0 aliphatic heterocycles. The molecule has 0 heterocycles. The number of hydrogen-bond donors (Lipinski definition) is 2. The molecule has 0 radical (unpaired) electrons. The fourth-order valence-corrected chi connectivity index (χ4v) is 2.39. The van der Waals surface area contributed by atoms with Gasteiger partial charge in [-0.2, -0.15) is 0 Å². The van der Waals surface area contributed by atoms with E-state index in [-0.39, 0.29) is 5.57 Å². The van der Waals surface area contributed by atoms with Crippen molar-refractivity contribution in [2.75, 3.05) is 0 Å². The van der Waals surface area contributed by atoms with Crippen LogP contribution in [0, 0.1) is 5.92 Å². The van der Waals surface area contributed by atoms with Gasteiger partial charge in [0.05, 0.1) is 11.5 Å². The van der Waals surface area contributed by atoms with Crippen LogP contribution in [0.15, 0.2) is 22.8 Å². The Balaban J connectivity index is 2.47. The predicted molar refractivity (Wildman–Crippen MR) is 52.3 cm³/mol. The van der Waals surface area contributed by atoms with Crippen LogP contribution in [0.2, 0.25) is 0 Å². The third kappa shape index (κ3) is 1.56. The van der Waals surface area contributed by atoms with E-state index in [2.05, 4.69) is 0 Å². The van der Waals surface area contributed by atoms with Crippen LogP contribution in [-0.4, -0.2) is 22.2 Å². The Morgan fingerprint density at radius 1 is 1.27 bits per heavy atom. The van der Waals surface area contributed by atoms with Gasteiger partial charge in [0.2, 0.25) is 0 Å². The molecule has 15 heavy (non-hydrogen) atoms. The summed E-state index contributed by atoms with van der Waals surface area (Å²) in [5, 5.41) is 18.0. The van der Waals surface area contributed by atoms with Crippen molar-refractivity contribution in [2.24, 2.45) is 5.92 Å². The molecular formula is C11H12O4. The quantitative estimate of drug-likeness (QED) is 0.722. The van der Waals surface area contributed by atoms with E-state index in [9.17, 15) is 9.59 Å². The standard InChI is InChI=1S/C11H12O4/c12-10(13)8-5-4-6-2-1-3-7(6)9(8)11(14)15/h4,8H,1-3,5H2,(H,12,13)(H,14,15). The molecule has 0 bridgehead atoms. The van der Waals surface area contributed by atoms with Crippen molar-refractivity contribution in [3.05, 3.63) is 22.8 Å². The number of carboxylic acids is 2. The summed E-state index contributed by atoms with van der Waals surface area (Å²) < 4.78 is 0. The van der Waals surface area contributed by atoms with Gasteiger partial charge in [0.1, 0.15) is 0 Å². The van der Waals surface area contributed by atoms with Gasteiger partial charge in [-0.25, -0.2) is 4.79 Å². The molecule has 2 aliphatic rings. The Morgan fingerprint density at radius 3 is 2.60 bits per heavy atom. The molecule has 1 atom stereocenters. The lowest BCUT2D eigenvalue weighted by Crippen LogP contribution is -2.24. The van der Waals surface area contributed by atoms with Crippen molar-refractivity contribution < 1.29 is 19.8 Å². The molecule has 0 aromatic carbocycles. The van der Waals surface area contributed by atoms with Gasteiger partial charge in [0, 0.05) is 0 Å². The first-order valence-corrected chi connectivity index (χ1v) is 5.00. The van der Waals surface area contributed by atoms with Crippen molar-refractivity contribution in [1.82, 2.24) is 0 Å². The number of aliphatic carboxylic acids is 2. The predicted octanol–water partition coefficient (Wildman–Crippen LogP) is 1.58. The molecule has 0 saturated heterocycles. The number of carbonyl (C=O) groups is 2. The summed E-state index contributed by atoms with van der Waals surface area (Å²) in [6.45, 7) is 0. The number of fused-ring (bicyclic) bond motifs is 1. The van der Waals surface area contributed by atoms with Crippen LogP contribution < -0.4 is 0 Å². The summed E-state index contributed by atoms with van der Waals surface area (Å²) in [5.41, 5.74) is 1.92. The lowest BCUT2D eigenvalue weighted by molar-refractivity contribution is -0.143. The van der Waals surface area contributed by atoms with Crippen molar-refractivity contribution in [3.63, 3.8) is 0 Å². The molecule has 4 heteroatoms. The third-order valence-corrected chi connectivity index (χ3v) is 3.06. The fourth-order valence-electron chi connectivity index (χ4n) is 2.39. The summed E-state index contributed by atoms with van der Waals surface area (Å²) in [6.07, 6.45) is 4.73. The van der Waals surface area contributed by atoms with Gasteiger partial charge >= 0.3 is 11.9 Å². The first-order chi connectivity index (χ1) is 7.11. The van der Waals surface area contributed by atoms with Crippen LogP contribution >= 0.6 is 0 Å². The maximum atomic E-state index is 11.1. The Bertz CT molecular complexity index is 389. The van der Waals surface area contributed by atoms with Crippen LogP contribution in [0.3, 0.4) is 0 Å². The fraction of sp³-hybridized carbons (Fsp3) is 0.455. The van der Waals surface area contributed by atoms with E-state index in [4.69, 9.17) is 10.2 Å². The molecule has 0 aromatic rings. The van der Waals surface area contributed by atoms with E-state index in [1.807, 2.05) is 6.08 Å². The van der Waals surface area contributed by atoms with E-state index < -0.39 is 17.9 Å². The summed E-state index contributed by atoms with van der Waals surface area (Å²) in [6, 6.07) is 0. The normalized spacial score (nSPS) is 24.8. The van der Waals surface area contributed by atoms with Gasteiger partial charge in [0.15, 0.2) is 0 Å². The average molecular weight is 208 g/mol. The second-order valence-electron chi connectivity index (χ2n) is 3.91. The minimum atomic E-state index is -1.08. The molecule has 0 spiro atoms. The van der Waals surface area contributed by atoms with Crippen molar-refractivity contribution in [2.45, 2.75) is 25.7 Å². The van der Waals surface area contributed by atoms with Crippen LogP contribution in [0.25, 0.3) is 0 Å². The molecular weight excluding hydrogens is 196 g/mol. The summed E-state index contributed by atoms with van der Waals surface area (Å²) in [5.74, 6) is -2.98. The van der Waals surface area contributed by atoms with Gasteiger partial charge in [-0.05, 0) is 36.8 Å². The van der Waals surface area contributed by atoms with Crippen LogP contribution in [-0.2, 0) is 9.59 Å². The largest absolute Gasteiger partial charge is 0.481 e. The van der Waals surface area contributed by atoms with Crippen LogP contribution in [0.1, 0.15) is 25.7 Å². The minimum absolute atomic E-state index is 0.109. The molecule has 0 aromatic heterocycles. The zero-order valence-electron chi connectivity index (χ0n) is 8.19. The second-order valence-corrected chi connectivity index (χ2v) is 3.91. The van der Waals surface area contributed by atoms with Crippen molar-refractivity contribution in [1.29, 1.82) is 0 Å². The van der Waals surface area contributed by atoms with Gasteiger partial charge in [-0.15, -0.1) is 0 Å². The maximum Gasteiger partial charge on any atom is 0.332 e. The average Bonchev–Trinajstić information content (AvgIpc) is 2.62. The highest BCUT2D eigenvalue weighted by Crippen LogP contribution is 2.40. The monoisotopic (exact) mass is 208 g/mol. The summed E-state index contributed by atoms with van der Waals surface area (Å²) >= 11 is 0. The van der Waals surface area contributed by atoms with Gasteiger partial charge in [0.25, 0.3) is 0 Å². The van der Waals surface area contributed by atoms with E-state index in [1.54, 1.807) is 0 Å². The highest BCUT2D eigenvalue weighted by atomic mass is 16.4. The molecule has 4 nitrogen and oxygen atoms in total. The number of hydrogen-bond acceptors (Lipinski definition) is 2. The number of allylic oxidation sites excluding steroid dienone is 3. The number of rotatable bonds is 2. The second kappa shape index (κ2) is 3.53. The van der Waals surface area contributed by atoms with E-state index in [0.717, 1.165) is 24.0 Å². The Morgan fingerprint density at radius 2 is 2.00 bits per heavy atom. The topological polar surface area (TPSA) is 74.6 Å². The summed E-state index contributed by atoms with van der Waals surface area (Å²) in [7, 11) is 0. The van der Waals surface area contributed by atoms with Gasteiger partial charge < -0.3 is 10.2 Å². The zero-order valence-corrected chi connectivity index (χ0v) is 8.19. The highest BCUT2D eigenvalue weighted by Gasteiger charge is 2.35. The molecule has 2 N–H and O–H groups in total. The number of carboxylic acid groups (broad SMARTS) is 2. The third-order valence-electron chi connectivity index (χ3n) is 3.06. The Labute approximate surface area is 86.9 Å². The molecule has 2 aliphatic carbocycles. The highest BCUT2D eigenvalue weighted by molar-refractivity contribution is 5.96.